The molecule has 0 atom stereocenters. The van der Waals surface area contributed by atoms with Gasteiger partial charge in [0.2, 0.25) is 0 Å². The van der Waals surface area contributed by atoms with Crippen molar-refractivity contribution in [2.24, 2.45) is 5.41 Å². The summed E-state index contributed by atoms with van der Waals surface area (Å²) in [4.78, 5) is 0. The first kappa shape index (κ1) is 12.4. The van der Waals surface area contributed by atoms with E-state index in [1.807, 2.05) is 7.05 Å². The average molecular weight is 270 g/mol. The smallest absolute Gasteiger partial charge is 0.127 e. The zero-order chi connectivity index (χ0) is 12.8. The SMILES string of the molecule is CNCC1(C2(c3cc(Cl)ccc3F)COC2)CC1. The molecule has 2 nitrogen and oxygen atoms in total. The number of hydrogen-bond acceptors (Lipinski definition) is 2. The van der Waals surface area contributed by atoms with Crippen LogP contribution < -0.4 is 5.32 Å². The second-order valence-corrected chi connectivity index (χ2v) is 5.95. The molecule has 1 saturated heterocycles. The van der Waals surface area contributed by atoms with Crippen molar-refractivity contribution in [1.29, 1.82) is 0 Å². The minimum absolute atomic E-state index is 0.144. The van der Waals surface area contributed by atoms with Gasteiger partial charge in [-0.3, -0.25) is 0 Å². The minimum atomic E-state index is -0.189. The molecule has 0 amide bonds. The first-order valence-electron chi connectivity index (χ1n) is 6.31. The molecule has 4 heteroatoms. The molecule has 0 spiro atoms. The van der Waals surface area contributed by atoms with Crippen molar-refractivity contribution in [1.82, 2.24) is 5.32 Å². The molecule has 1 N–H and O–H groups in total. The third-order valence-electron chi connectivity index (χ3n) is 4.52. The molecule has 1 aliphatic carbocycles. The van der Waals surface area contributed by atoms with E-state index in [1.165, 1.54) is 6.07 Å². The van der Waals surface area contributed by atoms with Gasteiger partial charge in [0.25, 0.3) is 0 Å². The summed E-state index contributed by atoms with van der Waals surface area (Å²) in [6.45, 7) is 2.11. The van der Waals surface area contributed by atoms with Gasteiger partial charge in [0, 0.05) is 17.1 Å². The van der Waals surface area contributed by atoms with E-state index in [9.17, 15) is 4.39 Å². The van der Waals surface area contributed by atoms with Gasteiger partial charge in [-0.15, -0.1) is 0 Å². The topological polar surface area (TPSA) is 21.3 Å². The monoisotopic (exact) mass is 269 g/mol. The summed E-state index contributed by atoms with van der Waals surface area (Å²) in [6, 6.07) is 4.84. The van der Waals surface area contributed by atoms with Gasteiger partial charge in [0.15, 0.2) is 0 Å². The van der Waals surface area contributed by atoms with Crippen molar-refractivity contribution in [2.75, 3.05) is 26.8 Å². The molecule has 3 rings (SSSR count). The van der Waals surface area contributed by atoms with E-state index < -0.39 is 0 Å². The van der Waals surface area contributed by atoms with Gasteiger partial charge >= 0.3 is 0 Å². The summed E-state index contributed by atoms with van der Waals surface area (Å²) >= 11 is 6.03. The first-order chi connectivity index (χ1) is 8.63. The molecule has 18 heavy (non-hydrogen) atoms. The Kier molecular flexibility index (Phi) is 2.88. The summed E-state index contributed by atoms with van der Waals surface area (Å²) in [5, 5.41) is 3.83. The Hall–Kier alpha value is -0.640. The fourth-order valence-corrected chi connectivity index (χ4v) is 3.40. The van der Waals surface area contributed by atoms with Gasteiger partial charge in [0.1, 0.15) is 5.82 Å². The molecule has 2 fully saturated rings. The number of benzene rings is 1. The lowest BCUT2D eigenvalue weighted by Crippen LogP contribution is -2.56. The Bertz CT molecular complexity index is 469. The Balaban J connectivity index is 2.04. The molecular formula is C14H17ClFNO. The highest BCUT2D eigenvalue weighted by molar-refractivity contribution is 6.30. The molecule has 2 aliphatic rings. The van der Waals surface area contributed by atoms with Crippen LogP contribution in [0.3, 0.4) is 0 Å². The maximum Gasteiger partial charge on any atom is 0.127 e. The zero-order valence-electron chi connectivity index (χ0n) is 10.4. The minimum Gasteiger partial charge on any atom is -0.379 e. The molecule has 1 aromatic carbocycles. The summed E-state index contributed by atoms with van der Waals surface area (Å²) in [5.41, 5.74) is 0.685. The second-order valence-electron chi connectivity index (χ2n) is 5.51. The first-order valence-corrected chi connectivity index (χ1v) is 6.69. The summed E-state index contributed by atoms with van der Waals surface area (Å²) in [7, 11) is 1.95. The molecule has 1 aliphatic heterocycles. The molecule has 1 saturated carbocycles. The number of ether oxygens (including phenoxy) is 1. The Labute approximate surface area is 111 Å². The highest BCUT2D eigenvalue weighted by Crippen LogP contribution is 2.62. The maximum atomic E-state index is 14.1. The number of halogens is 2. The van der Waals surface area contributed by atoms with Gasteiger partial charge < -0.3 is 10.1 Å². The molecular weight excluding hydrogens is 253 g/mol. The highest BCUT2D eigenvalue weighted by atomic mass is 35.5. The normalized spacial score (nSPS) is 23.5. The maximum absolute atomic E-state index is 14.1. The fourth-order valence-electron chi connectivity index (χ4n) is 3.23. The predicted octanol–water partition coefficient (Wildman–Crippen LogP) is 2.75. The molecule has 1 aromatic rings. The van der Waals surface area contributed by atoms with Gasteiger partial charge in [-0.1, -0.05) is 11.6 Å². The molecule has 0 aromatic heterocycles. The van der Waals surface area contributed by atoms with Crippen molar-refractivity contribution in [2.45, 2.75) is 18.3 Å². The molecule has 0 unspecified atom stereocenters. The van der Waals surface area contributed by atoms with Gasteiger partial charge in [0.05, 0.1) is 18.6 Å². The second kappa shape index (κ2) is 4.19. The largest absolute Gasteiger partial charge is 0.379 e. The molecule has 0 bridgehead atoms. The number of nitrogens with one attached hydrogen (secondary N) is 1. The third-order valence-corrected chi connectivity index (χ3v) is 4.76. The van der Waals surface area contributed by atoms with Crippen molar-refractivity contribution in [3.63, 3.8) is 0 Å². The van der Waals surface area contributed by atoms with Crippen molar-refractivity contribution < 1.29 is 9.13 Å². The average Bonchev–Trinajstić information content (AvgIpc) is 3.03. The van der Waals surface area contributed by atoms with E-state index in [0.29, 0.717) is 18.2 Å². The summed E-state index contributed by atoms with van der Waals surface area (Å²) in [5.74, 6) is -0.162. The van der Waals surface area contributed by atoms with Crippen LogP contribution in [-0.4, -0.2) is 26.8 Å². The van der Waals surface area contributed by atoms with Gasteiger partial charge in [-0.2, -0.15) is 0 Å². The van der Waals surface area contributed by atoms with Crippen LogP contribution in [0.2, 0.25) is 5.02 Å². The van der Waals surface area contributed by atoms with Crippen LogP contribution in [0.1, 0.15) is 18.4 Å². The lowest BCUT2D eigenvalue weighted by molar-refractivity contribution is -0.100. The van der Waals surface area contributed by atoms with E-state index in [-0.39, 0.29) is 16.6 Å². The van der Waals surface area contributed by atoms with Crippen LogP contribution in [-0.2, 0) is 10.2 Å². The van der Waals surface area contributed by atoms with Gasteiger partial charge in [-0.05, 0) is 43.5 Å². The van der Waals surface area contributed by atoms with Crippen LogP contribution in [0.25, 0.3) is 0 Å². The number of rotatable bonds is 4. The molecule has 98 valence electrons. The van der Waals surface area contributed by atoms with Gasteiger partial charge in [-0.25, -0.2) is 4.39 Å². The quantitative estimate of drug-likeness (QED) is 0.908. The Morgan fingerprint density at radius 1 is 1.39 bits per heavy atom. The predicted molar refractivity (Wildman–Crippen MR) is 69.5 cm³/mol. The number of hydrogen-bond donors (Lipinski definition) is 1. The third kappa shape index (κ3) is 1.61. The lowest BCUT2D eigenvalue weighted by Gasteiger charge is -2.48. The van der Waals surface area contributed by atoms with Crippen molar-refractivity contribution >= 4 is 11.6 Å². The van der Waals surface area contributed by atoms with Crippen LogP contribution in [0.4, 0.5) is 4.39 Å². The summed E-state index contributed by atoms with van der Waals surface area (Å²) < 4.78 is 19.6. The van der Waals surface area contributed by atoms with Crippen molar-refractivity contribution in [3.05, 3.63) is 34.6 Å². The Morgan fingerprint density at radius 2 is 2.11 bits per heavy atom. The van der Waals surface area contributed by atoms with Crippen LogP contribution >= 0.6 is 11.6 Å². The van der Waals surface area contributed by atoms with E-state index in [2.05, 4.69) is 5.32 Å². The van der Waals surface area contributed by atoms with E-state index >= 15 is 0 Å². The van der Waals surface area contributed by atoms with E-state index in [0.717, 1.165) is 24.9 Å². The fraction of sp³-hybridized carbons (Fsp3) is 0.571. The molecule has 1 heterocycles. The van der Waals surface area contributed by atoms with E-state index in [1.54, 1.807) is 12.1 Å². The van der Waals surface area contributed by atoms with Crippen LogP contribution in [0.15, 0.2) is 18.2 Å². The zero-order valence-corrected chi connectivity index (χ0v) is 11.2. The van der Waals surface area contributed by atoms with Crippen molar-refractivity contribution in [3.8, 4) is 0 Å². The van der Waals surface area contributed by atoms with Crippen LogP contribution in [0, 0.1) is 11.2 Å². The molecule has 0 radical (unpaired) electrons. The standard InChI is InChI=1S/C14H17ClFNO/c1-17-7-13(4-5-13)14(8-18-9-14)11-6-10(15)2-3-12(11)16/h2-3,6,17H,4-5,7-9H2,1H3. The lowest BCUT2D eigenvalue weighted by atomic mass is 9.66. The van der Waals surface area contributed by atoms with Crippen LogP contribution in [0.5, 0.6) is 0 Å². The van der Waals surface area contributed by atoms with E-state index in [4.69, 9.17) is 16.3 Å². The summed E-state index contributed by atoms with van der Waals surface area (Å²) in [6.07, 6.45) is 2.26. The highest BCUT2D eigenvalue weighted by Gasteiger charge is 2.63. The Morgan fingerprint density at radius 3 is 2.61 bits per heavy atom.